The second-order valence-electron chi connectivity index (χ2n) is 7.63. The van der Waals surface area contributed by atoms with Gasteiger partial charge in [-0.1, -0.05) is 0 Å². The number of nitrogens with one attached hydrogen (secondary N) is 1. The Hall–Kier alpha value is -4.16. The largest absolute Gasteiger partial charge is 0.451 e. The van der Waals surface area contributed by atoms with Gasteiger partial charge in [0.2, 0.25) is 11.7 Å². The van der Waals surface area contributed by atoms with Crippen LogP contribution in [0.2, 0.25) is 0 Å². The van der Waals surface area contributed by atoms with Crippen molar-refractivity contribution in [2.45, 2.75) is 26.6 Å². The molecule has 3 rings (SSSR count). The minimum absolute atomic E-state index is 0.0653. The molecule has 3 aromatic heterocycles. The SMILES string of the molecule is Cc1nn(CC(=O)Nc2ccc(/C(N)=C/N)cn2)c(C)c1-c1cc(N(C)C)nc(C(F)(F)F)n1. The van der Waals surface area contributed by atoms with Gasteiger partial charge in [-0.25, -0.2) is 15.0 Å². The zero-order valence-electron chi connectivity index (χ0n) is 19.0. The highest BCUT2D eigenvalue weighted by Crippen LogP contribution is 2.32. The number of aryl methyl sites for hydroxylation is 1. The zero-order chi connectivity index (χ0) is 25.2. The van der Waals surface area contributed by atoms with Crippen LogP contribution in [0.4, 0.5) is 24.8 Å². The van der Waals surface area contributed by atoms with Gasteiger partial charge in [0.25, 0.3) is 0 Å². The maximum Gasteiger partial charge on any atom is 0.451 e. The van der Waals surface area contributed by atoms with Gasteiger partial charge in [0, 0.05) is 49.4 Å². The Balaban J connectivity index is 1.87. The lowest BCUT2D eigenvalue weighted by Gasteiger charge is -2.15. The smallest absolute Gasteiger partial charge is 0.403 e. The summed E-state index contributed by atoms with van der Waals surface area (Å²) in [7, 11) is 3.17. The number of hydrogen-bond donors (Lipinski definition) is 3. The Bertz CT molecular complexity index is 1230. The molecule has 0 spiro atoms. The molecule has 0 aliphatic carbocycles. The van der Waals surface area contributed by atoms with Crippen LogP contribution in [0.1, 0.15) is 22.8 Å². The fourth-order valence-corrected chi connectivity index (χ4v) is 3.19. The number of nitrogens with two attached hydrogens (primary N) is 2. The molecule has 0 bridgehead atoms. The van der Waals surface area contributed by atoms with Gasteiger partial charge in [-0.15, -0.1) is 0 Å². The molecule has 13 heteroatoms. The average molecular weight is 475 g/mol. The van der Waals surface area contributed by atoms with Crippen molar-refractivity contribution in [2.75, 3.05) is 24.3 Å². The maximum absolute atomic E-state index is 13.4. The fourth-order valence-electron chi connectivity index (χ4n) is 3.19. The number of amides is 1. The molecule has 0 radical (unpaired) electrons. The number of carbonyl (C=O) groups excluding carboxylic acids is 1. The third kappa shape index (κ3) is 5.24. The van der Waals surface area contributed by atoms with Crippen molar-refractivity contribution in [1.82, 2.24) is 24.7 Å². The third-order valence-electron chi connectivity index (χ3n) is 4.90. The van der Waals surface area contributed by atoms with Crippen molar-refractivity contribution in [3.05, 3.63) is 53.4 Å². The standard InChI is InChI=1S/C21H24F3N9O/c1-11-19(15-7-17(32(3)4)30-20(28-15)21(22,23)24)12(2)33(31-11)10-18(34)29-16-6-5-13(9-27-16)14(26)8-25/h5-9H,10,25-26H2,1-4H3,(H,27,29,34)/b14-8-. The number of nitrogens with zero attached hydrogens (tertiary/aromatic N) is 6. The van der Waals surface area contributed by atoms with Crippen LogP contribution >= 0.6 is 0 Å². The van der Waals surface area contributed by atoms with E-state index in [9.17, 15) is 18.0 Å². The lowest BCUT2D eigenvalue weighted by atomic mass is 10.1. The maximum atomic E-state index is 13.4. The third-order valence-corrected chi connectivity index (χ3v) is 4.90. The van der Waals surface area contributed by atoms with E-state index < -0.39 is 17.9 Å². The van der Waals surface area contributed by atoms with Crippen molar-refractivity contribution < 1.29 is 18.0 Å². The van der Waals surface area contributed by atoms with Crippen LogP contribution in [0, 0.1) is 13.8 Å². The number of halogens is 3. The minimum atomic E-state index is -4.72. The van der Waals surface area contributed by atoms with Crippen LogP contribution in [0.3, 0.4) is 0 Å². The summed E-state index contributed by atoms with van der Waals surface area (Å²) in [5.41, 5.74) is 13.4. The molecule has 0 aliphatic rings. The van der Waals surface area contributed by atoms with Crippen LogP contribution in [-0.2, 0) is 17.5 Å². The number of aromatic nitrogens is 5. The normalized spacial score (nSPS) is 12.0. The summed E-state index contributed by atoms with van der Waals surface area (Å²) in [5, 5.41) is 6.97. The summed E-state index contributed by atoms with van der Waals surface area (Å²) in [4.78, 5) is 25.4. The van der Waals surface area contributed by atoms with Crippen molar-refractivity contribution in [3.63, 3.8) is 0 Å². The highest BCUT2D eigenvalue weighted by atomic mass is 19.4. The monoisotopic (exact) mass is 475 g/mol. The van der Waals surface area contributed by atoms with Gasteiger partial charge in [-0.2, -0.15) is 18.3 Å². The Morgan fingerprint density at radius 3 is 2.50 bits per heavy atom. The molecule has 10 nitrogen and oxygen atoms in total. The Kier molecular flexibility index (Phi) is 6.75. The van der Waals surface area contributed by atoms with E-state index >= 15 is 0 Å². The lowest BCUT2D eigenvalue weighted by Crippen LogP contribution is -2.21. The van der Waals surface area contributed by atoms with Gasteiger partial charge in [-0.3, -0.25) is 9.48 Å². The highest BCUT2D eigenvalue weighted by Gasteiger charge is 2.36. The van der Waals surface area contributed by atoms with Gasteiger partial charge >= 0.3 is 6.18 Å². The molecule has 34 heavy (non-hydrogen) atoms. The van der Waals surface area contributed by atoms with E-state index in [2.05, 4.69) is 25.4 Å². The van der Waals surface area contributed by atoms with Gasteiger partial charge in [0.1, 0.15) is 18.2 Å². The molecule has 5 N–H and O–H groups in total. The summed E-state index contributed by atoms with van der Waals surface area (Å²) >= 11 is 0. The highest BCUT2D eigenvalue weighted by molar-refractivity contribution is 5.89. The van der Waals surface area contributed by atoms with Crippen LogP contribution < -0.4 is 21.7 Å². The van der Waals surface area contributed by atoms with Gasteiger partial charge < -0.3 is 21.7 Å². The Morgan fingerprint density at radius 2 is 1.94 bits per heavy atom. The molecular formula is C21H24F3N9O. The van der Waals surface area contributed by atoms with Crippen LogP contribution in [0.5, 0.6) is 0 Å². The molecule has 0 unspecified atom stereocenters. The predicted molar refractivity (Wildman–Crippen MR) is 121 cm³/mol. The number of pyridine rings is 1. The molecule has 0 atom stereocenters. The molecule has 3 aromatic rings. The second-order valence-corrected chi connectivity index (χ2v) is 7.63. The molecule has 0 saturated heterocycles. The predicted octanol–water partition coefficient (Wildman–Crippen LogP) is 2.29. The summed E-state index contributed by atoms with van der Waals surface area (Å²) < 4.78 is 41.5. The van der Waals surface area contributed by atoms with E-state index in [1.54, 1.807) is 40.1 Å². The minimum Gasteiger partial charge on any atom is -0.403 e. The molecule has 0 aliphatic heterocycles. The van der Waals surface area contributed by atoms with E-state index in [1.165, 1.54) is 28.0 Å². The van der Waals surface area contributed by atoms with Crippen LogP contribution in [-0.4, -0.2) is 44.7 Å². The topological polar surface area (TPSA) is 141 Å². The number of alkyl halides is 3. The Labute approximate surface area is 193 Å². The number of carbonyl (C=O) groups is 1. The molecule has 3 heterocycles. The number of anilines is 2. The summed E-state index contributed by atoms with van der Waals surface area (Å²) in [6, 6.07) is 4.67. The summed E-state index contributed by atoms with van der Waals surface area (Å²) in [6.45, 7) is 3.11. The van der Waals surface area contributed by atoms with E-state index in [4.69, 9.17) is 11.5 Å². The van der Waals surface area contributed by atoms with Gasteiger partial charge in [0.15, 0.2) is 0 Å². The van der Waals surface area contributed by atoms with E-state index in [-0.39, 0.29) is 18.1 Å². The van der Waals surface area contributed by atoms with Crippen LogP contribution in [0.15, 0.2) is 30.6 Å². The first-order valence-corrected chi connectivity index (χ1v) is 10.0. The quantitative estimate of drug-likeness (QED) is 0.493. The molecular weight excluding hydrogens is 451 g/mol. The Morgan fingerprint density at radius 1 is 1.24 bits per heavy atom. The summed E-state index contributed by atoms with van der Waals surface area (Å²) in [6.07, 6.45) is -2.01. The average Bonchev–Trinajstić information content (AvgIpc) is 3.05. The van der Waals surface area contributed by atoms with Gasteiger partial charge in [0.05, 0.1) is 17.1 Å². The first-order chi connectivity index (χ1) is 15.9. The van der Waals surface area contributed by atoms with Crippen molar-refractivity contribution in [3.8, 4) is 11.3 Å². The van der Waals surface area contributed by atoms with E-state index in [0.29, 0.717) is 34.0 Å². The van der Waals surface area contributed by atoms with Crippen LogP contribution in [0.25, 0.3) is 17.0 Å². The zero-order valence-corrected chi connectivity index (χ0v) is 19.0. The molecule has 0 saturated carbocycles. The summed E-state index contributed by atoms with van der Waals surface area (Å²) in [5.74, 6) is -1.28. The lowest BCUT2D eigenvalue weighted by molar-refractivity contribution is -0.144. The molecule has 1 amide bonds. The second kappa shape index (κ2) is 9.37. The molecule has 0 aromatic carbocycles. The number of rotatable bonds is 6. The van der Waals surface area contributed by atoms with E-state index in [0.717, 1.165) is 0 Å². The first-order valence-electron chi connectivity index (χ1n) is 10.0. The molecule has 180 valence electrons. The van der Waals surface area contributed by atoms with E-state index in [1.807, 2.05) is 0 Å². The van der Waals surface area contributed by atoms with Crippen molar-refractivity contribution >= 4 is 23.2 Å². The van der Waals surface area contributed by atoms with Crippen molar-refractivity contribution in [1.29, 1.82) is 0 Å². The first kappa shape index (κ1) is 24.5. The van der Waals surface area contributed by atoms with Gasteiger partial charge in [-0.05, 0) is 26.0 Å². The number of hydrogen-bond acceptors (Lipinski definition) is 8. The van der Waals surface area contributed by atoms with Crippen molar-refractivity contribution in [2.24, 2.45) is 11.5 Å². The molecule has 0 fully saturated rings. The fraction of sp³-hybridized carbons (Fsp3) is 0.286.